The molecular formula is C11H18Cl2N4O. The zero-order valence-corrected chi connectivity index (χ0v) is 11.3. The van der Waals surface area contributed by atoms with Gasteiger partial charge in [-0.2, -0.15) is 0 Å². The molecule has 1 aromatic rings. The minimum absolute atomic E-state index is 0. The number of pyridine rings is 1. The van der Waals surface area contributed by atoms with Crippen LogP contribution in [0.25, 0.3) is 0 Å². The molecule has 0 unspecified atom stereocenters. The normalized spacial score (nSPS) is 17.3. The maximum absolute atomic E-state index is 11.6. The lowest BCUT2D eigenvalue weighted by Crippen LogP contribution is -2.43. The highest BCUT2D eigenvalue weighted by Gasteiger charge is 2.11. The highest BCUT2D eigenvalue weighted by molar-refractivity contribution is 5.92. The van der Waals surface area contributed by atoms with Gasteiger partial charge >= 0.3 is 0 Å². The quantitative estimate of drug-likeness (QED) is 0.843. The third-order valence-electron chi connectivity index (χ3n) is 2.58. The van der Waals surface area contributed by atoms with E-state index in [0.717, 1.165) is 31.9 Å². The van der Waals surface area contributed by atoms with E-state index in [1.807, 2.05) is 5.32 Å². The van der Waals surface area contributed by atoms with Gasteiger partial charge in [0.05, 0.1) is 11.9 Å². The van der Waals surface area contributed by atoms with Crippen molar-refractivity contribution in [1.82, 2.24) is 15.6 Å². The van der Waals surface area contributed by atoms with Gasteiger partial charge in [-0.3, -0.25) is 4.79 Å². The van der Waals surface area contributed by atoms with Crippen molar-refractivity contribution < 1.29 is 8.91 Å². The second kappa shape index (κ2) is 8.13. The number of nitrogens with zero attached hydrogens (tertiary/aromatic N) is 2. The lowest BCUT2D eigenvalue weighted by atomic mass is 10.2. The van der Waals surface area contributed by atoms with Gasteiger partial charge in [-0.05, 0) is 12.1 Å². The summed E-state index contributed by atoms with van der Waals surface area (Å²) in [5, 5.41) is 5.16. The Morgan fingerprint density at radius 2 is 2.17 bits per heavy atom. The van der Waals surface area contributed by atoms with Crippen LogP contribution in [0.1, 0.15) is 14.6 Å². The number of aromatic nitrogens is 1. The number of rotatable bonds is 2. The molecule has 1 amide bonds. The predicted octanol–water partition coefficient (Wildman–Crippen LogP) is 0.694. The Kier molecular flexibility index (Phi) is 5.43. The van der Waals surface area contributed by atoms with E-state index in [-0.39, 0.29) is 30.5 Å². The van der Waals surface area contributed by atoms with Crippen molar-refractivity contribution in [2.24, 2.45) is 0 Å². The molecule has 1 saturated heterocycles. The summed E-state index contributed by atoms with van der Waals surface area (Å²) in [5.74, 6) is -0.688. The SMILES string of the molecule is Cl.Cl.[2H]C([2H])([2H])NC(=O)c1ccc(N2CCNCC2)cn1. The van der Waals surface area contributed by atoms with E-state index >= 15 is 0 Å². The summed E-state index contributed by atoms with van der Waals surface area (Å²) in [5.41, 5.74) is 1.04. The highest BCUT2D eigenvalue weighted by atomic mass is 35.5. The number of halogens is 2. The first-order chi connectivity index (χ1) is 8.96. The molecule has 0 spiro atoms. The van der Waals surface area contributed by atoms with Gasteiger partial charge in [-0.1, -0.05) is 0 Å². The molecule has 1 aliphatic heterocycles. The molecule has 1 fully saturated rings. The van der Waals surface area contributed by atoms with Crippen molar-refractivity contribution >= 4 is 36.4 Å². The predicted molar refractivity (Wildman–Crippen MR) is 77.2 cm³/mol. The van der Waals surface area contributed by atoms with Crippen molar-refractivity contribution in [3.63, 3.8) is 0 Å². The van der Waals surface area contributed by atoms with Gasteiger partial charge in [0.15, 0.2) is 0 Å². The van der Waals surface area contributed by atoms with E-state index in [0.29, 0.717) is 0 Å². The molecule has 0 radical (unpaired) electrons. The van der Waals surface area contributed by atoms with E-state index in [4.69, 9.17) is 4.11 Å². The summed E-state index contributed by atoms with van der Waals surface area (Å²) in [6, 6.07) is 3.32. The molecule has 1 aromatic heterocycles. The van der Waals surface area contributed by atoms with Gasteiger partial charge in [0.2, 0.25) is 0 Å². The van der Waals surface area contributed by atoms with Gasteiger partial charge in [-0.25, -0.2) is 4.98 Å². The molecule has 0 saturated carbocycles. The van der Waals surface area contributed by atoms with Crippen molar-refractivity contribution in [3.8, 4) is 0 Å². The van der Waals surface area contributed by atoms with Crippen LogP contribution >= 0.6 is 24.8 Å². The number of carbonyl (C=O) groups is 1. The van der Waals surface area contributed by atoms with Crippen molar-refractivity contribution in [2.45, 2.75) is 0 Å². The van der Waals surface area contributed by atoms with Gasteiger partial charge in [0, 0.05) is 37.3 Å². The van der Waals surface area contributed by atoms with Gasteiger partial charge < -0.3 is 15.5 Å². The molecule has 18 heavy (non-hydrogen) atoms. The van der Waals surface area contributed by atoms with Crippen molar-refractivity contribution in [3.05, 3.63) is 24.0 Å². The second-order valence-corrected chi connectivity index (χ2v) is 3.59. The van der Waals surface area contributed by atoms with Crippen LogP contribution in [0.15, 0.2) is 18.3 Å². The van der Waals surface area contributed by atoms with Gasteiger partial charge in [0.25, 0.3) is 5.91 Å². The van der Waals surface area contributed by atoms with Crippen molar-refractivity contribution in [2.75, 3.05) is 38.1 Å². The topological polar surface area (TPSA) is 57.3 Å². The Balaban J connectivity index is 0.00000200. The first-order valence-electron chi connectivity index (χ1n) is 6.70. The molecule has 1 aliphatic rings. The monoisotopic (exact) mass is 295 g/mol. The standard InChI is InChI=1S/C11H16N4O.2ClH/c1-12-11(16)10-3-2-9(8-14-10)15-6-4-13-5-7-15;;/h2-3,8,13H,4-7H2,1H3,(H,12,16);2*1H/i1D3;;. The average Bonchev–Trinajstić information content (AvgIpc) is 2.38. The molecule has 0 bridgehead atoms. The largest absolute Gasteiger partial charge is 0.368 e. The Labute approximate surface area is 123 Å². The van der Waals surface area contributed by atoms with Crippen LogP contribution in [0, 0.1) is 0 Å². The van der Waals surface area contributed by atoms with E-state index < -0.39 is 12.9 Å². The van der Waals surface area contributed by atoms with Crippen LogP contribution in [-0.4, -0.2) is 44.0 Å². The van der Waals surface area contributed by atoms with Crippen LogP contribution in [0.5, 0.6) is 0 Å². The molecular weight excluding hydrogens is 275 g/mol. The Morgan fingerprint density at radius 3 is 2.72 bits per heavy atom. The number of carbonyl (C=O) groups excluding carboxylic acids is 1. The lowest BCUT2D eigenvalue weighted by molar-refractivity contribution is 0.0958. The van der Waals surface area contributed by atoms with Gasteiger partial charge in [0.1, 0.15) is 5.69 Å². The zero-order valence-electron chi connectivity index (χ0n) is 12.7. The summed E-state index contributed by atoms with van der Waals surface area (Å²) in [4.78, 5) is 17.8. The molecule has 102 valence electrons. The summed E-state index contributed by atoms with van der Waals surface area (Å²) in [6.07, 6.45) is 1.60. The molecule has 2 rings (SSSR count). The lowest BCUT2D eigenvalue weighted by Gasteiger charge is -2.29. The molecule has 0 aliphatic carbocycles. The van der Waals surface area contributed by atoms with Crippen LogP contribution < -0.4 is 15.5 Å². The Morgan fingerprint density at radius 1 is 1.44 bits per heavy atom. The molecule has 5 nitrogen and oxygen atoms in total. The summed E-state index contributed by atoms with van der Waals surface area (Å²) < 4.78 is 20.9. The maximum Gasteiger partial charge on any atom is 0.269 e. The fourth-order valence-corrected chi connectivity index (χ4v) is 1.69. The molecule has 2 N–H and O–H groups in total. The molecule has 7 heteroatoms. The molecule has 0 atom stereocenters. The third kappa shape index (κ3) is 4.01. The first-order valence-corrected chi connectivity index (χ1v) is 5.20. The number of nitrogens with one attached hydrogen (secondary N) is 2. The third-order valence-corrected chi connectivity index (χ3v) is 2.58. The van der Waals surface area contributed by atoms with Crippen LogP contribution in [0.2, 0.25) is 0 Å². The maximum atomic E-state index is 11.6. The van der Waals surface area contributed by atoms with E-state index in [1.165, 1.54) is 0 Å². The number of anilines is 1. The Bertz CT molecular complexity index is 450. The van der Waals surface area contributed by atoms with E-state index in [9.17, 15) is 4.79 Å². The van der Waals surface area contributed by atoms with Gasteiger partial charge in [-0.15, -0.1) is 24.8 Å². The fourth-order valence-electron chi connectivity index (χ4n) is 1.69. The minimum atomic E-state index is -2.49. The second-order valence-electron chi connectivity index (χ2n) is 3.59. The van der Waals surface area contributed by atoms with Crippen LogP contribution in [-0.2, 0) is 0 Å². The average molecular weight is 296 g/mol. The number of piperazine rings is 1. The zero-order chi connectivity index (χ0) is 13.9. The highest BCUT2D eigenvalue weighted by Crippen LogP contribution is 2.13. The fraction of sp³-hybridized carbons (Fsp3) is 0.455. The summed E-state index contributed by atoms with van der Waals surface area (Å²) in [7, 11) is 0. The van der Waals surface area contributed by atoms with E-state index in [1.54, 1.807) is 18.3 Å². The molecule has 0 aromatic carbocycles. The smallest absolute Gasteiger partial charge is 0.269 e. The summed E-state index contributed by atoms with van der Waals surface area (Å²) in [6.45, 7) is 1.13. The first kappa shape index (κ1) is 12.0. The minimum Gasteiger partial charge on any atom is -0.368 e. The van der Waals surface area contributed by atoms with E-state index in [2.05, 4.69) is 15.2 Å². The summed E-state index contributed by atoms with van der Waals surface area (Å²) >= 11 is 0. The van der Waals surface area contributed by atoms with Crippen LogP contribution in [0.3, 0.4) is 0 Å². The van der Waals surface area contributed by atoms with Crippen molar-refractivity contribution in [1.29, 1.82) is 0 Å². The van der Waals surface area contributed by atoms with Crippen LogP contribution in [0.4, 0.5) is 5.69 Å². The Hall–Kier alpha value is -1.04. The number of hydrogen-bond acceptors (Lipinski definition) is 4. The molecule has 2 heterocycles. The number of amides is 1. The number of hydrogen-bond donors (Lipinski definition) is 2.